The molecule has 0 spiro atoms. The fourth-order valence-electron chi connectivity index (χ4n) is 2.29. The van der Waals surface area contributed by atoms with Crippen molar-refractivity contribution < 1.29 is 0 Å². The van der Waals surface area contributed by atoms with E-state index in [-0.39, 0.29) is 0 Å². The van der Waals surface area contributed by atoms with Gasteiger partial charge in [0.2, 0.25) is 0 Å². The lowest BCUT2D eigenvalue weighted by atomic mass is 10.00. The molecule has 2 aromatic rings. The van der Waals surface area contributed by atoms with Gasteiger partial charge in [0.25, 0.3) is 0 Å². The molecule has 1 aromatic carbocycles. The standard InChI is InChI=1S/C16H19NS/c1-12(16(2)9-10-16)17-14-7-4-3-6-13(14)15-8-5-11-18-15/h3-8,11-12,17H,9-10H2,1-2H3. The Morgan fingerprint density at radius 1 is 1.17 bits per heavy atom. The number of thiophene rings is 1. The predicted octanol–water partition coefficient (Wildman–Crippen LogP) is 5.02. The summed E-state index contributed by atoms with van der Waals surface area (Å²) in [6.45, 7) is 4.68. The Bertz CT molecular complexity index is 526. The van der Waals surface area contributed by atoms with Crippen molar-refractivity contribution in [3.63, 3.8) is 0 Å². The van der Waals surface area contributed by atoms with E-state index in [1.807, 2.05) is 0 Å². The summed E-state index contributed by atoms with van der Waals surface area (Å²) in [7, 11) is 0. The molecule has 0 bridgehead atoms. The van der Waals surface area contributed by atoms with Gasteiger partial charge in [-0.3, -0.25) is 0 Å². The molecule has 1 nitrogen and oxygen atoms in total. The average molecular weight is 257 g/mol. The molecular weight excluding hydrogens is 238 g/mol. The van der Waals surface area contributed by atoms with Gasteiger partial charge in [-0.2, -0.15) is 0 Å². The molecule has 1 atom stereocenters. The van der Waals surface area contributed by atoms with Gasteiger partial charge in [0.05, 0.1) is 0 Å². The number of benzene rings is 1. The van der Waals surface area contributed by atoms with Crippen LogP contribution in [0.15, 0.2) is 41.8 Å². The van der Waals surface area contributed by atoms with Gasteiger partial charge < -0.3 is 5.32 Å². The van der Waals surface area contributed by atoms with E-state index in [1.165, 1.54) is 29.0 Å². The van der Waals surface area contributed by atoms with Gasteiger partial charge in [-0.05, 0) is 42.7 Å². The molecule has 0 radical (unpaired) electrons. The summed E-state index contributed by atoms with van der Waals surface area (Å²) in [5.74, 6) is 0. The van der Waals surface area contributed by atoms with Crippen LogP contribution in [0.1, 0.15) is 26.7 Å². The topological polar surface area (TPSA) is 12.0 Å². The third kappa shape index (κ3) is 2.17. The molecule has 0 aliphatic heterocycles. The zero-order valence-electron chi connectivity index (χ0n) is 10.9. The molecule has 2 heteroatoms. The Morgan fingerprint density at radius 3 is 2.61 bits per heavy atom. The number of nitrogens with one attached hydrogen (secondary N) is 1. The minimum Gasteiger partial charge on any atom is -0.382 e. The van der Waals surface area contributed by atoms with Crippen molar-refractivity contribution in [1.82, 2.24) is 0 Å². The molecule has 1 saturated carbocycles. The van der Waals surface area contributed by atoms with Gasteiger partial charge in [0.1, 0.15) is 0 Å². The van der Waals surface area contributed by atoms with E-state index in [4.69, 9.17) is 0 Å². The van der Waals surface area contributed by atoms with E-state index in [1.54, 1.807) is 11.3 Å². The highest BCUT2D eigenvalue weighted by molar-refractivity contribution is 7.13. The van der Waals surface area contributed by atoms with Crippen LogP contribution in [-0.4, -0.2) is 6.04 Å². The zero-order valence-corrected chi connectivity index (χ0v) is 11.8. The van der Waals surface area contributed by atoms with E-state index in [2.05, 4.69) is 60.9 Å². The largest absolute Gasteiger partial charge is 0.382 e. The van der Waals surface area contributed by atoms with E-state index in [0.29, 0.717) is 11.5 Å². The predicted molar refractivity (Wildman–Crippen MR) is 80.2 cm³/mol. The van der Waals surface area contributed by atoms with Gasteiger partial charge in [-0.15, -0.1) is 11.3 Å². The molecule has 3 rings (SSSR count). The molecule has 1 aromatic heterocycles. The highest BCUT2D eigenvalue weighted by Crippen LogP contribution is 2.49. The van der Waals surface area contributed by atoms with E-state index < -0.39 is 0 Å². The number of hydrogen-bond donors (Lipinski definition) is 1. The van der Waals surface area contributed by atoms with Crippen LogP contribution in [0.25, 0.3) is 10.4 Å². The minimum absolute atomic E-state index is 0.503. The summed E-state index contributed by atoms with van der Waals surface area (Å²) >= 11 is 1.80. The Labute approximate surface area is 113 Å². The molecule has 94 valence electrons. The fraction of sp³-hybridized carbons (Fsp3) is 0.375. The van der Waals surface area contributed by atoms with Crippen LogP contribution < -0.4 is 5.32 Å². The van der Waals surface area contributed by atoms with Gasteiger partial charge >= 0.3 is 0 Å². The fourth-order valence-corrected chi connectivity index (χ4v) is 3.06. The second-order valence-corrected chi connectivity index (χ2v) is 6.49. The van der Waals surface area contributed by atoms with Crippen LogP contribution in [-0.2, 0) is 0 Å². The van der Waals surface area contributed by atoms with Crippen LogP contribution in [0.5, 0.6) is 0 Å². The van der Waals surface area contributed by atoms with Crippen molar-refractivity contribution in [2.75, 3.05) is 5.32 Å². The molecule has 0 amide bonds. The maximum absolute atomic E-state index is 3.71. The van der Waals surface area contributed by atoms with E-state index in [0.717, 1.165) is 0 Å². The molecular formula is C16H19NS. The summed E-state index contributed by atoms with van der Waals surface area (Å²) in [6, 6.07) is 13.5. The first-order valence-electron chi connectivity index (χ1n) is 6.58. The molecule has 1 N–H and O–H groups in total. The first kappa shape index (κ1) is 11.8. The minimum atomic E-state index is 0.503. The van der Waals surface area contributed by atoms with E-state index >= 15 is 0 Å². The second-order valence-electron chi connectivity index (χ2n) is 5.54. The summed E-state index contributed by atoms with van der Waals surface area (Å²) in [5.41, 5.74) is 3.09. The second kappa shape index (κ2) is 4.43. The van der Waals surface area contributed by atoms with Crippen molar-refractivity contribution in [2.45, 2.75) is 32.7 Å². The summed E-state index contributed by atoms with van der Waals surface area (Å²) in [4.78, 5) is 1.34. The average Bonchev–Trinajstić information content (AvgIpc) is 2.93. The van der Waals surface area contributed by atoms with Crippen molar-refractivity contribution in [3.05, 3.63) is 41.8 Å². The molecule has 1 aliphatic rings. The van der Waals surface area contributed by atoms with Gasteiger partial charge in [0, 0.05) is 22.2 Å². The van der Waals surface area contributed by atoms with Gasteiger partial charge in [0.15, 0.2) is 0 Å². The summed E-state index contributed by atoms with van der Waals surface area (Å²) in [5, 5.41) is 5.84. The molecule has 1 fully saturated rings. The molecule has 1 unspecified atom stereocenters. The van der Waals surface area contributed by atoms with Crippen molar-refractivity contribution in [3.8, 4) is 10.4 Å². The highest BCUT2D eigenvalue weighted by Gasteiger charge is 2.42. The Balaban J connectivity index is 1.88. The SMILES string of the molecule is CC(Nc1ccccc1-c1cccs1)C1(C)CC1. The molecule has 1 aliphatic carbocycles. The summed E-state index contributed by atoms with van der Waals surface area (Å²) < 4.78 is 0. The van der Waals surface area contributed by atoms with Crippen molar-refractivity contribution >= 4 is 17.0 Å². The van der Waals surface area contributed by atoms with E-state index in [9.17, 15) is 0 Å². The van der Waals surface area contributed by atoms with Crippen LogP contribution >= 0.6 is 11.3 Å². The lowest BCUT2D eigenvalue weighted by Gasteiger charge is -2.23. The maximum atomic E-state index is 3.71. The first-order valence-corrected chi connectivity index (χ1v) is 7.46. The van der Waals surface area contributed by atoms with Crippen LogP contribution in [0.4, 0.5) is 5.69 Å². The lowest BCUT2D eigenvalue weighted by molar-refractivity contribution is 0.493. The summed E-state index contributed by atoms with van der Waals surface area (Å²) in [6.07, 6.45) is 2.70. The van der Waals surface area contributed by atoms with Crippen LogP contribution in [0.3, 0.4) is 0 Å². The monoisotopic (exact) mass is 257 g/mol. The Hall–Kier alpha value is -1.28. The Kier molecular flexibility index (Phi) is 2.90. The molecule has 1 heterocycles. The number of hydrogen-bond acceptors (Lipinski definition) is 2. The number of anilines is 1. The van der Waals surface area contributed by atoms with Crippen molar-refractivity contribution in [1.29, 1.82) is 0 Å². The van der Waals surface area contributed by atoms with Gasteiger partial charge in [-0.25, -0.2) is 0 Å². The molecule has 18 heavy (non-hydrogen) atoms. The zero-order chi connectivity index (χ0) is 12.6. The number of para-hydroxylation sites is 1. The van der Waals surface area contributed by atoms with Crippen LogP contribution in [0.2, 0.25) is 0 Å². The normalized spacial score (nSPS) is 18.3. The molecule has 0 saturated heterocycles. The number of rotatable bonds is 4. The smallest absolute Gasteiger partial charge is 0.0430 e. The maximum Gasteiger partial charge on any atom is 0.0430 e. The Morgan fingerprint density at radius 2 is 1.94 bits per heavy atom. The lowest BCUT2D eigenvalue weighted by Crippen LogP contribution is -2.25. The highest BCUT2D eigenvalue weighted by atomic mass is 32.1. The quantitative estimate of drug-likeness (QED) is 0.811. The first-order chi connectivity index (χ1) is 8.69. The van der Waals surface area contributed by atoms with Gasteiger partial charge in [-0.1, -0.05) is 31.2 Å². The third-order valence-corrected chi connectivity index (χ3v) is 5.07. The van der Waals surface area contributed by atoms with Crippen LogP contribution in [0, 0.1) is 5.41 Å². The third-order valence-electron chi connectivity index (χ3n) is 4.17. The van der Waals surface area contributed by atoms with Crippen molar-refractivity contribution in [2.24, 2.45) is 5.41 Å².